The fourth-order valence-corrected chi connectivity index (χ4v) is 1.98. The van der Waals surface area contributed by atoms with Gasteiger partial charge in [0.1, 0.15) is 6.04 Å². The van der Waals surface area contributed by atoms with Gasteiger partial charge in [0.05, 0.1) is 13.5 Å². The number of rotatable bonds is 7. The fourth-order valence-electron chi connectivity index (χ4n) is 1.98. The van der Waals surface area contributed by atoms with Crippen molar-refractivity contribution in [3.63, 3.8) is 0 Å². The van der Waals surface area contributed by atoms with Gasteiger partial charge < -0.3 is 20.1 Å². The Labute approximate surface area is 111 Å². The third-order valence-electron chi connectivity index (χ3n) is 3.09. The third kappa shape index (κ3) is 5.69. The molecule has 2 N–H and O–H groups in total. The summed E-state index contributed by atoms with van der Waals surface area (Å²) in [6.07, 6.45) is 2.16. The molecule has 108 valence electrons. The first-order valence-corrected chi connectivity index (χ1v) is 6.34. The lowest BCUT2D eigenvalue weighted by atomic mass is 10.2. The first-order chi connectivity index (χ1) is 9.02. The fraction of sp³-hybridized carbons (Fsp3) is 0.750. The Morgan fingerprint density at radius 2 is 1.95 bits per heavy atom. The number of likely N-dealkylation sites (tertiary alicyclic amines) is 1. The smallest absolute Gasteiger partial charge is 0.326 e. The van der Waals surface area contributed by atoms with E-state index in [1.54, 1.807) is 0 Å². The molecular weight excluding hydrogens is 252 g/mol. The van der Waals surface area contributed by atoms with Crippen LogP contribution in [0.4, 0.5) is 0 Å². The standard InChI is InChI=1S/C12H20N2O5/c1-19-11(16)8-9(12(17)18)13-10(15)4-7-14-5-2-3-6-14/h9H,2-8H2,1H3,(H,13,15)(H,17,18)/t9-/m0/s1. The van der Waals surface area contributed by atoms with Crippen LogP contribution in [0.15, 0.2) is 0 Å². The Balaban J connectivity index is 2.33. The summed E-state index contributed by atoms with van der Waals surface area (Å²) in [5, 5.41) is 11.3. The zero-order valence-corrected chi connectivity index (χ0v) is 11.1. The molecule has 0 saturated carbocycles. The van der Waals surface area contributed by atoms with Crippen LogP contribution in [-0.2, 0) is 19.1 Å². The van der Waals surface area contributed by atoms with Crippen LogP contribution in [-0.4, -0.2) is 60.6 Å². The minimum Gasteiger partial charge on any atom is -0.480 e. The average molecular weight is 272 g/mol. The lowest BCUT2D eigenvalue weighted by Gasteiger charge is -2.16. The zero-order chi connectivity index (χ0) is 14.3. The molecule has 1 fully saturated rings. The highest BCUT2D eigenvalue weighted by Gasteiger charge is 2.24. The summed E-state index contributed by atoms with van der Waals surface area (Å²) in [5.41, 5.74) is 0. The molecule has 0 aromatic heterocycles. The van der Waals surface area contributed by atoms with E-state index in [1.165, 1.54) is 7.11 Å². The number of methoxy groups -OCH3 is 1. The lowest BCUT2D eigenvalue weighted by Crippen LogP contribution is -2.43. The third-order valence-corrected chi connectivity index (χ3v) is 3.09. The molecule has 1 aliphatic rings. The second-order valence-corrected chi connectivity index (χ2v) is 4.54. The van der Waals surface area contributed by atoms with Crippen molar-refractivity contribution in [3.8, 4) is 0 Å². The Kier molecular flexibility index (Phi) is 6.27. The van der Waals surface area contributed by atoms with E-state index in [4.69, 9.17) is 5.11 Å². The van der Waals surface area contributed by atoms with E-state index in [9.17, 15) is 14.4 Å². The number of hydrogen-bond donors (Lipinski definition) is 2. The number of ether oxygens (including phenoxy) is 1. The summed E-state index contributed by atoms with van der Waals surface area (Å²) < 4.78 is 4.39. The van der Waals surface area contributed by atoms with E-state index >= 15 is 0 Å². The molecular formula is C12H20N2O5. The molecule has 0 aromatic rings. The predicted molar refractivity (Wildman–Crippen MR) is 66.5 cm³/mol. The number of hydrogen-bond acceptors (Lipinski definition) is 5. The van der Waals surface area contributed by atoms with Gasteiger partial charge in [0.25, 0.3) is 0 Å². The maximum atomic E-state index is 11.6. The van der Waals surface area contributed by atoms with E-state index < -0.39 is 18.0 Å². The van der Waals surface area contributed by atoms with Gasteiger partial charge in [0.2, 0.25) is 5.91 Å². The predicted octanol–water partition coefficient (Wildman–Crippen LogP) is -0.395. The molecule has 0 aromatic carbocycles. The number of nitrogens with zero attached hydrogens (tertiary/aromatic N) is 1. The number of aliphatic carboxylic acids is 1. The van der Waals surface area contributed by atoms with Crippen LogP contribution in [0.3, 0.4) is 0 Å². The van der Waals surface area contributed by atoms with Crippen LogP contribution in [0, 0.1) is 0 Å². The molecule has 0 bridgehead atoms. The van der Waals surface area contributed by atoms with Crippen molar-refractivity contribution in [1.82, 2.24) is 10.2 Å². The summed E-state index contributed by atoms with van der Waals surface area (Å²) in [4.78, 5) is 35.7. The SMILES string of the molecule is COC(=O)C[C@H](NC(=O)CCN1CCCC1)C(=O)O. The summed E-state index contributed by atoms with van der Waals surface area (Å²) in [6.45, 7) is 2.59. The number of carboxylic acid groups (broad SMARTS) is 1. The van der Waals surface area contributed by atoms with E-state index in [1.807, 2.05) is 0 Å². The molecule has 0 aliphatic carbocycles. The van der Waals surface area contributed by atoms with Crippen LogP contribution in [0.25, 0.3) is 0 Å². The van der Waals surface area contributed by atoms with E-state index in [0.717, 1.165) is 25.9 Å². The second-order valence-electron chi connectivity index (χ2n) is 4.54. The Morgan fingerprint density at radius 1 is 1.32 bits per heavy atom. The van der Waals surface area contributed by atoms with Crippen molar-refractivity contribution in [2.45, 2.75) is 31.7 Å². The highest BCUT2D eigenvalue weighted by molar-refractivity contribution is 5.87. The number of carbonyl (C=O) groups is 3. The molecule has 1 rings (SSSR count). The minimum atomic E-state index is -1.24. The van der Waals surface area contributed by atoms with Gasteiger partial charge >= 0.3 is 11.9 Å². The van der Waals surface area contributed by atoms with Crippen LogP contribution in [0.5, 0.6) is 0 Å². The molecule has 0 radical (unpaired) electrons. The van der Waals surface area contributed by atoms with Gasteiger partial charge in [-0.15, -0.1) is 0 Å². The zero-order valence-electron chi connectivity index (χ0n) is 11.1. The van der Waals surface area contributed by atoms with Crippen LogP contribution in [0.2, 0.25) is 0 Å². The van der Waals surface area contributed by atoms with Crippen molar-refractivity contribution in [2.24, 2.45) is 0 Å². The van der Waals surface area contributed by atoms with Gasteiger partial charge in [0, 0.05) is 13.0 Å². The van der Waals surface area contributed by atoms with Crippen molar-refractivity contribution >= 4 is 17.8 Å². The first-order valence-electron chi connectivity index (χ1n) is 6.34. The van der Waals surface area contributed by atoms with Crippen molar-refractivity contribution in [3.05, 3.63) is 0 Å². The molecule has 1 atom stereocenters. The maximum absolute atomic E-state index is 11.6. The molecule has 1 heterocycles. The maximum Gasteiger partial charge on any atom is 0.326 e. The van der Waals surface area contributed by atoms with Crippen molar-refractivity contribution < 1.29 is 24.2 Å². The largest absolute Gasteiger partial charge is 0.480 e. The van der Waals surface area contributed by atoms with Crippen LogP contribution >= 0.6 is 0 Å². The van der Waals surface area contributed by atoms with E-state index in [-0.39, 0.29) is 18.7 Å². The Bertz CT molecular complexity index is 339. The van der Waals surface area contributed by atoms with Gasteiger partial charge in [-0.1, -0.05) is 0 Å². The molecule has 0 spiro atoms. The molecule has 1 amide bonds. The second kappa shape index (κ2) is 7.73. The number of carboxylic acids is 1. The Morgan fingerprint density at radius 3 is 2.47 bits per heavy atom. The van der Waals surface area contributed by atoms with Gasteiger partial charge in [-0.25, -0.2) is 4.79 Å². The van der Waals surface area contributed by atoms with Gasteiger partial charge in [-0.2, -0.15) is 0 Å². The topological polar surface area (TPSA) is 95.9 Å². The number of esters is 1. The summed E-state index contributed by atoms with van der Waals surface area (Å²) in [7, 11) is 1.18. The normalized spacial score (nSPS) is 16.9. The molecule has 19 heavy (non-hydrogen) atoms. The quantitative estimate of drug-likeness (QED) is 0.612. The summed E-state index contributed by atoms with van der Waals surface area (Å²) in [6, 6.07) is -1.22. The monoisotopic (exact) mass is 272 g/mol. The lowest BCUT2D eigenvalue weighted by molar-refractivity contribution is -0.148. The highest BCUT2D eigenvalue weighted by Crippen LogP contribution is 2.07. The summed E-state index contributed by atoms with van der Waals surface area (Å²) in [5.74, 6) is -2.25. The number of amides is 1. The van der Waals surface area contributed by atoms with Gasteiger partial charge in [0.15, 0.2) is 0 Å². The average Bonchev–Trinajstić information content (AvgIpc) is 2.88. The van der Waals surface area contributed by atoms with Crippen molar-refractivity contribution in [2.75, 3.05) is 26.7 Å². The van der Waals surface area contributed by atoms with Crippen molar-refractivity contribution in [1.29, 1.82) is 0 Å². The highest BCUT2D eigenvalue weighted by atomic mass is 16.5. The molecule has 0 unspecified atom stereocenters. The number of carbonyl (C=O) groups excluding carboxylic acids is 2. The van der Waals surface area contributed by atoms with E-state index in [0.29, 0.717) is 6.54 Å². The van der Waals surface area contributed by atoms with Gasteiger partial charge in [-0.05, 0) is 25.9 Å². The van der Waals surface area contributed by atoms with Crippen LogP contribution in [0.1, 0.15) is 25.7 Å². The molecule has 7 heteroatoms. The number of nitrogens with one attached hydrogen (secondary N) is 1. The van der Waals surface area contributed by atoms with Gasteiger partial charge in [-0.3, -0.25) is 9.59 Å². The van der Waals surface area contributed by atoms with Crippen LogP contribution < -0.4 is 5.32 Å². The minimum absolute atomic E-state index is 0.241. The first kappa shape index (κ1) is 15.4. The molecule has 1 saturated heterocycles. The summed E-state index contributed by atoms with van der Waals surface area (Å²) >= 11 is 0. The molecule has 7 nitrogen and oxygen atoms in total. The Hall–Kier alpha value is -1.63. The van der Waals surface area contributed by atoms with E-state index in [2.05, 4.69) is 15.0 Å². The molecule has 1 aliphatic heterocycles.